The summed E-state index contributed by atoms with van der Waals surface area (Å²) in [5, 5.41) is 0.143. The van der Waals surface area contributed by atoms with Crippen LogP contribution in [0.1, 0.15) is 74.5 Å². The highest BCUT2D eigenvalue weighted by Gasteiger charge is 2.49. The minimum absolute atomic E-state index is 0.136. The smallest absolute Gasteiger partial charge is 0.330 e. The number of aromatic amines is 1. The number of hydrogen-bond donors (Lipinski definition) is 1. The summed E-state index contributed by atoms with van der Waals surface area (Å²) < 4.78 is 34.4. The van der Waals surface area contributed by atoms with E-state index in [1.807, 2.05) is 20.8 Å². The average Bonchev–Trinajstić information content (AvgIpc) is 3.18. The van der Waals surface area contributed by atoms with Gasteiger partial charge in [-0.05, 0) is 34.1 Å². The summed E-state index contributed by atoms with van der Waals surface area (Å²) in [5.41, 5.74) is -1.42. The molecule has 40 heavy (non-hydrogen) atoms. The number of H-pyrrole nitrogens is 1. The number of nitrogens with one attached hydrogen (secondary N) is 1. The standard InChI is InChI=1S/C27H48N3O8PS/c1-10-11-20-22(23(34-9)24(37-20)29-13-12-21(31)28-26(29)33)38-39(30(18(2)3)19(4)5)36-15-14-35-16-17-40-25(32)27(6,7)8/h12-13,18-20,22-24H,10-11,14-17H2,1-9H3,(H,28,31,33). The van der Waals surface area contributed by atoms with Gasteiger partial charge in [0, 0.05) is 42.6 Å². The first-order chi connectivity index (χ1) is 18.8. The van der Waals surface area contributed by atoms with E-state index in [9.17, 15) is 14.4 Å². The molecule has 0 spiro atoms. The van der Waals surface area contributed by atoms with Gasteiger partial charge in [-0.1, -0.05) is 45.9 Å². The Morgan fingerprint density at radius 2 is 1.82 bits per heavy atom. The lowest BCUT2D eigenvalue weighted by molar-refractivity contribution is -0.117. The monoisotopic (exact) mass is 605 g/mol. The quantitative estimate of drug-likeness (QED) is 0.215. The van der Waals surface area contributed by atoms with Crippen LogP contribution in [0.2, 0.25) is 0 Å². The van der Waals surface area contributed by atoms with Crippen molar-refractivity contribution in [3.63, 3.8) is 0 Å². The van der Waals surface area contributed by atoms with Gasteiger partial charge in [0.1, 0.15) is 12.2 Å². The number of aromatic nitrogens is 2. The maximum absolute atomic E-state index is 12.6. The van der Waals surface area contributed by atoms with Crippen LogP contribution in [0.5, 0.6) is 0 Å². The second-order valence-corrected chi connectivity index (χ2v) is 13.8. The van der Waals surface area contributed by atoms with E-state index in [0.717, 1.165) is 6.42 Å². The Morgan fingerprint density at radius 1 is 1.15 bits per heavy atom. The van der Waals surface area contributed by atoms with E-state index in [1.165, 1.54) is 28.6 Å². The molecule has 11 nitrogen and oxygen atoms in total. The third-order valence-corrected chi connectivity index (χ3v) is 9.59. The number of methoxy groups -OCH3 is 1. The van der Waals surface area contributed by atoms with E-state index in [-0.39, 0.29) is 28.7 Å². The van der Waals surface area contributed by atoms with E-state index >= 15 is 0 Å². The predicted octanol–water partition coefficient (Wildman–Crippen LogP) is 4.32. The highest BCUT2D eigenvalue weighted by atomic mass is 32.2. The first kappa shape index (κ1) is 35.1. The zero-order chi connectivity index (χ0) is 30.0. The maximum atomic E-state index is 12.6. The van der Waals surface area contributed by atoms with Gasteiger partial charge < -0.3 is 23.3 Å². The molecule has 0 bridgehead atoms. The number of carbonyl (C=O) groups excluding carboxylic acids is 1. The fourth-order valence-corrected chi connectivity index (χ4v) is 6.94. The third kappa shape index (κ3) is 10.0. The highest BCUT2D eigenvalue weighted by Crippen LogP contribution is 2.50. The molecule has 1 saturated heterocycles. The molecule has 0 saturated carbocycles. The van der Waals surface area contributed by atoms with Gasteiger partial charge in [-0.3, -0.25) is 19.1 Å². The van der Waals surface area contributed by atoms with Gasteiger partial charge >= 0.3 is 5.69 Å². The molecule has 1 aliphatic heterocycles. The van der Waals surface area contributed by atoms with Crippen molar-refractivity contribution in [3.05, 3.63) is 33.1 Å². The van der Waals surface area contributed by atoms with Crippen molar-refractivity contribution in [2.45, 2.75) is 105 Å². The van der Waals surface area contributed by atoms with Crippen molar-refractivity contribution in [1.82, 2.24) is 14.2 Å². The fourth-order valence-electron chi connectivity index (χ4n) is 4.37. The van der Waals surface area contributed by atoms with Gasteiger partial charge in [-0.25, -0.2) is 9.46 Å². The van der Waals surface area contributed by atoms with E-state index in [0.29, 0.717) is 32.0 Å². The Balaban J connectivity index is 2.15. The zero-order valence-corrected chi connectivity index (χ0v) is 27.1. The van der Waals surface area contributed by atoms with Crippen molar-refractivity contribution >= 4 is 25.4 Å². The Bertz CT molecular complexity index is 1020. The van der Waals surface area contributed by atoms with E-state index in [1.54, 1.807) is 7.11 Å². The zero-order valence-electron chi connectivity index (χ0n) is 25.4. The lowest BCUT2D eigenvalue weighted by Crippen LogP contribution is -2.41. The van der Waals surface area contributed by atoms with Gasteiger partial charge in [-0.15, -0.1) is 0 Å². The molecular formula is C27H48N3O8PS. The van der Waals surface area contributed by atoms with Crippen molar-refractivity contribution in [2.75, 3.05) is 32.7 Å². The molecule has 0 aromatic carbocycles. The molecule has 13 heteroatoms. The molecule has 1 N–H and O–H groups in total. The SMILES string of the molecule is CCCC1OC(n2ccc(=O)[nH]c2=O)C(OC)C1OP(OCCOCCSC(=O)C(C)(C)C)N(C(C)C)C(C)C. The van der Waals surface area contributed by atoms with E-state index in [4.69, 9.17) is 23.3 Å². The Hall–Kier alpha value is -1.11. The molecule has 1 fully saturated rings. The lowest BCUT2D eigenvalue weighted by atomic mass is 10.00. The number of rotatable bonds is 16. The van der Waals surface area contributed by atoms with Crippen molar-refractivity contribution in [3.8, 4) is 0 Å². The van der Waals surface area contributed by atoms with Gasteiger partial charge in [0.15, 0.2) is 11.3 Å². The van der Waals surface area contributed by atoms with Crippen LogP contribution in [-0.2, 0) is 28.1 Å². The first-order valence-corrected chi connectivity index (χ1v) is 16.1. The molecule has 2 rings (SSSR count). The van der Waals surface area contributed by atoms with Crippen LogP contribution in [-0.4, -0.2) is 82.4 Å². The molecule has 1 aliphatic rings. The summed E-state index contributed by atoms with van der Waals surface area (Å²) in [6, 6.07) is 1.56. The fraction of sp³-hybridized carbons (Fsp3) is 0.815. The predicted molar refractivity (Wildman–Crippen MR) is 159 cm³/mol. The molecule has 1 aromatic rings. The summed E-state index contributed by atoms with van der Waals surface area (Å²) >= 11 is 1.28. The van der Waals surface area contributed by atoms with Gasteiger partial charge in [-0.2, -0.15) is 0 Å². The maximum Gasteiger partial charge on any atom is 0.330 e. The van der Waals surface area contributed by atoms with Crippen LogP contribution in [0.25, 0.3) is 0 Å². The molecule has 0 aliphatic carbocycles. The second-order valence-electron chi connectivity index (χ2n) is 11.3. The third-order valence-electron chi connectivity index (χ3n) is 6.22. The lowest BCUT2D eigenvalue weighted by Gasteiger charge is -2.38. The molecule has 0 amide bonds. The Labute approximate surface area is 243 Å². The summed E-state index contributed by atoms with van der Waals surface area (Å²) in [7, 11) is 0.0141. The summed E-state index contributed by atoms with van der Waals surface area (Å²) in [6.45, 7) is 17.3. The molecule has 230 valence electrons. The highest BCUT2D eigenvalue weighted by molar-refractivity contribution is 8.13. The largest absolute Gasteiger partial charge is 0.378 e. The number of ether oxygens (including phenoxy) is 3. The second kappa shape index (κ2) is 16.5. The number of carbonyl (C=O) groups is 1. The van der Waals surface area contributed by atoms with Crippen LogP contribution in [0.15, 0.2) is 21.9 Å². The number of nitrogens with zero attached hydrogens (tertiary/aromatic N) is 2. The summed E-state index contributed by atoms with van der Waals surface area (Å²) in [4.78, 5) is 38.6. The molecule has 0 radical (unpaired) electrons. The van der Waals surface area contributed by atoms with Gasteiger partial charge in [0.25, 0.3) is 14.1 Å². The Kier molecular flexibility index (Phi) is 14.5. The van der Waals surface area contributed by atoms with Crippen LogP contribution in [0, 0.1) is 5.41 Å². The molecule has 2 heterocycles. The summed E-state index contributed by atoms with van der Waals surface area (Å²) in [5.74, 6) is 0.588. The van der Waals surface area contributed by atoms with Crippen molar-refractivity contribution in [2.24, 2.45) is 5.41 Å². The van der Waals surface area contributed by atoms with Crippen LogP contribution in [0.4, 0.5) is 0 Å². The molecule has 1 aromatic heterocycles. The normalized spacial score (nSPS) is 22.5. The van der Waals surface area contributed by atoms with Crippen LogP contribution < -0.4 is 11.2 Å². The Morgan fingerprint density at radius 3 is 2.38 bits per heavy atom. The van der Waals surface area contributed by atoms with Crippen LogP contribution in [0.3, 0.4) is 0 Å². The van der Waals surface area contributed by atoms with Crippen molar-refractivity contribution < 1.29 is 28.1 Å². The number of hydrogen-bond acceptors (Lipinski definition) is 10. The molecule has 5 atom stereocenters. The van der Waals surface area contributed by atoms with Crippen LogP contribution >= 0.6 is 20.3 Å². The van der Waals surface area contributed by atoms with E-state index in [2.05, 4.69) is 44.3 Å². The average molecular weight is 606 g/mol. The van der Waals surface area contributed by atoms with Gasteiger partial charge in [0.05, 0.1) is 25.9 Å². The minimum Gasteiger partial charge on any atom is -0.378 e. The molecular weight excluding hydrogens is 557 g/mol. The summed E-state index contributed by atoms with van der Waals surface area (Å²) in [6.07, 6.45) is 0.721. The van der Waals surface area contributed by atoms with Gasteiger partial charge in [0.2, 0.25) is 0 Å². The minimum atomic E-state index is -1.55. The first-order valence-electron chi connectivity index (χ1n) is 13.9. The topological polar surface area (TPSA) is 121 Å². The van der Waals surface area contributed by atoms with Crippen molar-refractivity contribution in [1.29, 1.82) is 0 Å². The number of thioether (sulfide) groups is 1. The molecule has 5 unspecified atom stereocenters. The van der Waals surface area contributed by atoms with E-state index < -0.39 is 38.2 Å².